The number of hydrogen-bond acceptors (Lipinski definition) is 12. The van der Waals surface area contributed by atoms with Crippen molar-refractivity contribution in [2.75, 3.05) is 18.0 Å². The molecule has 3 fully saturated rings. The van der Waals surface area contributed by atoms with Crippen molar-refractivity contribution < 1.29 is 28.7 Å². The van der Waals surface area contributed by atoms with Crippen molar-refractivity contribution in [2.24, 2.45) is 0 Å². The number of aromatic nitrogens is 1. The number of amides is 2. The number of thioether (sulfide) groups is 2. The molecule has 3 aromatic rings. The summed E-state index contributed by atoms with van der Waals surface area (Å²) in [6, 6.07) is 14.0. The van der Waals surface area contributed by atoms with E-state index in [-0.39, 0.29) is 30.6 Å². The molecule has 49 heavy (non-hydrogen) atoms. The molecular weight excluding hydrogens is 705 g/mol. The molecule has 2 aromatic carbocycles. The minimum Gasteiger partial charge on any atom is -0.446 e. The molecule has 4 atom stereocenters. The highest BCUT2D eigenvalue weighted by atomic mass is 32.2. The molecule has 7 rings (SSSR count). The van der Waals surface area contributed by atoms with Crippen molar-refractivity contribution in [1.82, 2.24) is 14.4 Å². The Morgan fingerprint density at radius 2 is 1.78 bits per heavy atom. The number of nitrogens with zero attached hydrogens (tertiary/aromatic N) is 4. The van der Waals surface area contributed by atoms with Crippen molar-refractivity contribution in [3.8, 4) is 5.75 Å². The number of thiazole rings is 1. The lowest BCUT2D eigenvalue weighted by Gasteiger charge is -2.27. The van der Waals surface area contributed by atoms with Gasteiger partial charge >= 0.3 is 0 Å². The fourth-order valence-electron chi connectivity index (χ4n) is 7.21. The predicted molar refractivity (Wildman–Crippen MR) is 194 cm³/mol. The summed E-state index contributed by atoms with van der Waals surface area (Å²) in [5.41, 5.74) is 3.80. The Morgan fingerprint density at radius 1 is 0.980 bits per heavy atom. The molecular formula is C34H32N4O7S4. The fourth-order valence-corrected chi connectivity index (χ4v) is 11.7. The first kappa shape index (κ1) is 33.6. The molecule has 2 saturated heterocycles. The average Bonchev–Trinajstić information content (AvgIpc) is 3.89. The van der Waals surface area contributed by atoms with Crippen molar-refractivity contribution in [3.05, 3.63) is 73.1 Å². The third-order valence-corrected chi connectivity index (χ3v) is 13.8. The van der Waals surface area contributed by atoms with Gasteiger partial charge in [0.1, 0.15) is 30.3 Å². The smallest absolute Gasteiger partial charge is 0.298 e. The third-order valence-electron chi connectivity index (χ3n) is 9.37. The first-order valence-electron chi connectivity index (χ1n) is 15.9. The van der Waals surface area contributed by atoms with Crippen LogP contribution in [0, 0.1) is 0 Å². The first-order chi connectivity index (χ1) is 23.8. The van der Waals surface area contributed by atoms with Gasteiger partial charge in [-0.25, -0.2) is 0 Å². The molecule has 11 nitrogen and oxygen atoms in total. The molecule has 3 aliphatic heterocycles. The van der Waals surface area contributed by atoms with Crippen molar-refractivity contribution in [2.45, 2.75) is 62.4 Å². The van der Waals surface area contributed by atoms with E-state index in [0.717, 1.165) is 36.2 Å². The summed E-state index contributed by atoms with van der Waals surface area (Å²) in [6.07, 6.45) is 5.03. The number of ether oxygens (including phenoxy) is 2. The number of hydrogen-bond donors (Lipinski definition) is 0. The molecule has 4 aliphatic rings. The Labute approximate surface area is 299 Å². The van der Waals surface area contributed by atoms with Crippen molar-refractivity contribution in [3.63, 3.8) is 0 Å². The minimum atomic E-state index is -0.566. The largest absolute Gasteiger partial charge is 0.446 e. The van der Waals surface area contributed by atoms with Crippen LogP contribution in [0.15, 0.2) is 47.3 Å². The van der Waals surface area contributed by atoms with E-state index in [4.69, 9.17) is 21.7 Å². The van der Waals surface area contributed by atoms with Gasteiger partial charge in [-0.05, 0) is 80.3 Å². The zero-order chi connectivity index (χ0) is 34.4. The summed E-state index contributed by atoms with van der Waals surface area (Å²) in [6.45, 7) is 4.88. The molecule has 1 aromatic heterocycles. The Kier molecular flexibility index (Phi) is 9.43. The summed E-state index contributed by atoms with van der Waals surface area (Å²) >= 11 is 9.15. The van der Waals surface area contributed by atoms with E-state index in [2.05, 4.69) is 17.0 Å². The number of carbonyl (C=O) groups excluding carboxylic acids is 4. The van der Waals surface area contributed by atoms with Gasteiger partial charge in [0.05, 0.1) is 4.53 Å². The Bertz CT molecular complexity index is 2050. The second-order valence-electron chi connectivity index (χ2n) is 11.9. The lowest BCUT2D eigenvalue weighted by atomic mass is 9.96. The van der Waals surface area contributed by atoms with Crippen LogP contribution in [0.3, 0.4) is 0 Å². The van der Waals surface area contributed by atoms with E-state index in [9.17, 15) is 24.0 Å². The highest BCUT2D eigenvalue weighted by molar-refractivity contribution is 8.25. The molecule has 254 valence electrons. The first-order valence-corrected chi connectivity index (χ1v) is 18.9. The maximum atomic E-state index is 13.8. The Balaban J connectivity index is 1.28. The molecule has 0 spiro atoms. The second-order valence-corrected chi connectivity index (χ2v) is 15.8. The standard InChI is InChI=1S/C34H32N4O7S4/c1-3-35-30(42)27(48-32(35)28-31(43)36(4-2)34(46)49-28)33-37(16-44-17-39)29(41)26(47-33)15-19-8-13-25-23(14-19)22-6-5-7-24(22)38(25)20-9-11-21(12-10-20)45-18-40/h8-15,17-18,22,24,28,32H,3-7,16H2,1-2H3/b26-15+,33-27+. The summed E-state index contributed by atoms with van der Waals surface area (Å²) in [5.74, 6) is 0.402. The van der Waals surface area contributed by atoms with Gasteiger partial charge in [-0.15, -0.1) is 11.3 Å². The van der Waals surface area contributed by atoms with Crippen molar-refractivity contribution in [1.29, 1.82) is 0 Å². The van der Waals surface area contributed by atoms with E-state index >= 15 is 0 Å². The number of anilines is 2. The molecule has 4 unspecified atom stereocenters. The van der Waals surface area contributed by atoms with E-state index in [1.54, 1.807) is 21.9 Å². The van der Waals surface area contributed by atoms with Crippen LogP contribution in [-0.2, 0) is 30.6 Å². The van der Waals surface area contributed by atoms with Gasteiger partial charge in [0, 0.05) is 36.4 Å². The molecule has 1 aliphatic carbocycles. The van der Waals surface area contributed by atoms with E-state index in [1.165, 1.54) is 45.0 Å². The summed E-state index contributed by atoms with van der Waals surface area (Å²) in [4.78, 5) is 68.7. The lowest BCUT2D eigenvalue weighted by molar-refractivity contribution is -0.132. The monoisotopic (exact) mass is 736 g/mol. The number of rotatable bonds is 10. The highest BCUT2D eigenvalue weighted by Gasteiger charge is 2.49. The number of benzene rings is 2. The zero-order valence-electron chi connectivity index (χ0n) is 26.6. The van der Waals surface area contributed by atoms with Crippen LogP contribution >= 0.6 is 47.1 Å². The number of thiocarbonyl (C=S) groups is 1. The quantitative estimate of drug-likeness (QED) is 0.225. The van der Waals surface area contributed by atoms with Crippen LogP contribution in [0.5, 0.6) is 5.75 Å². The molecule has 0 N–H and O–H groups in total. The topological polar surface area (TPSA) is 118 Å². The van der Waals surface area contributed by atoms with Gasteiger partial charge in [-0.3, -0.25) is 33.4 Å². The van der Waals surface area contributed by atoms with Crippen LogP contribution in [0.1, 0.15) is 50.2 Å². The average molecular weight is 737 g/mol. The van der Waals surface area contributed by atoms with Gasteiger partial charge in [-0.1, -0.05) is 48.2 Å². The van der Waals surface area contributed by atoms with Gasteiger partial charge in [-0.2, -0.15) is 0 Å². The summed E-state index contributed by atoms with van der Waals surface area (Å²) in [5, 5.41) is -1.07. The van der Waals surface area contributed by atoms with Crippen LogP contribution in [0.4, 0.5) is 11.4 Å². The normalized spacial score (nSPS) is 24.6. The second kappa shape index (κ2) is 13.8. The fraction of sp³-hybridized carbons (Fsp3) is 0.353. The molecule has 2 amide bonds. The van der Waals surface area contributed by atoms with Gasteiger partial charge in [0.2, 0.25) is 5.91 Å². The highest BCUT2D eigenvalue weighted by Crippen LogP contribution is 2.52. The number of fused-ring (bicyclic) bond motifs is 3. The van der Waals surface area contributed by atoms with Crippen LogP contribution < -0.4 is 24.4 Å². The van der Waals surface area contributed by atoms with Crippen LogP contribution in [0.2, 0.25) is 0 Å². The third kappa shape index (κ3) is 5.79. The van der Waals surface area contributed by atoms with E-state index in [0.29, 0.717) is 55.7 Å². The molecule has 0 radical (unpaired) electrons. The summed E-state index contributed by atoms with van der Waals surface area (Å²) < 4.78 is 12.6. The molecule has 0 bridgehead atoms. The summed E-state index contributed by atoms with van der Waals surface area (Å²) in [7, 11) is 0. The maximum Gasteiger partial charge on any atom is 0.298 e. The number of carbonyl (C=O) groups is 4. The van der Waals surface area contributed by atoms with Gasteiger partial charge < -0.3 is 19.3 Å². The Hall–Kier alpha value is -3.92. The molecule has 1 saturated carbocycles. The van der Waals surface area contributed by atoms with Crippen LogP contribution in [-0.4, -0.2) is 73.2 Å². The molecule has 4 heterocycles. The maximum absolute atomic E-state index is 13.8. The predicted octanol–water partition coefficient (Wildman–Crippen LogP) is 3.47. The zero-order valence-corrected chi connectivity index (χ0v) is 29.9. The molecule has 15 heteroatoms. The van der Waals surface area contributed by atoms with Crippen LogP contribution in [0.25, 0.3) is 11.0 Å². The minimum absolute atomic E-state index is 0.131. The Morgan fingerprint density at radius 3 is 2.47 bits per heavy atom. The lowest BCUT2D eigenvalue weighted by Crippen LogP contribution is -2.43. The van der Waals surface area contributed by atoms with Crippen molar-refractivity contribution >= 4 is 98.5 Å². The SMILES string of the molecule is CCN1C(=O)C(C2S/C(=c3/s/c(=C/c4ccc5c(c4)C4CCCC4N5c4ccc(OC=O)cc4)c(=O)n3COC=O)C(=O)N2CC)SC1=S. The van der Waals surface area contributed by atoms with Gasteiger partial charge in [0.15, 0.2) is 6.73 Å². The van der Waals surface area contributed by atoms with E-state index in [1.807, 2.05) is 38.1 Å². The van der Waals surface area contributed by atoms with Gasteiger partial charge in [0.25, 0.3) is 24.4 Å². The van der Waals surface area contributed by atoms with E-state index < -0.39 is 10.6 Å².